The molecule has 1 atom stereocenters. The topological polar surface area (TPSA) is 61.8 Å². The zero-order valence-corrected chi connectivity index (χ0v) is 13.6. The van der Waals surface area contributed by atoms with E-state index >= 15 is 0 Å². The summed E-state index contributed by atoms with van der Waals surface area (Å²) >= 11 is 0. The molecule has 0 spiro atoms. The van der Waals surface area contributed by atoms with Gasteiger partial charge in [-0.05, 0) is 39.7 Å². The third-order valence-electron chi connectivity index (χ3n) is 3.73. The Labute approximate surface area is 132 Å². The van der Waals surface area contributed by atoms with Gasteiger partial charge in [-0.15, -0.1) is 0 Å². The number of nitrogens with one attached hydrogen (secondary N) is 1. The van der Waals surface area contributed by atoms with E-state index < -0.39 is 5.60 Å². The number of hydrogen-bond acceptors (Lipinski definition) is 3. The Morgan fingerprint density at radius 2 is 2.18 bits per heavy atom. The Hall–Kier alpha value is -1.75. The SMILES string of the molecule is CCN(CC(C)(C)O)C(=O)NC1CCCOc2ccccc21. The molecular formula is C17H26N2O3. The van der Waals surface area contributed by atoms with Gasteiger partial charge < -0.3 is 20.1 Å². The summed E-state index contributed by atoms with van der Waals surface area (Å²) in [5, 5.41) is 13.0. The van der Waals surface area contributed by atoms with Crippen LogP contribution in [0.4, 0.5) is 4.79 Å². The predicted octanol–water partition coefficient (Wildman–Crippen LogP) is 2.70. The van der Waals surface area contributed by atoms with Crippen LogP contribution in [-0.2, 0) is 0 Å². The molecule has 1 aromatic rings. The Morgan fingerprint density at radius 3 is 2.86 bits per heavy atom. The summed E-state index contributed by atoms with van der Waals surface area (Å²) < 4.78 is 5.72. The maximum Gasteiger partial charge on any atom is 0.317 e. The van der Waals surface area contributed by atoms with Crippen molar-refractivity contribution in [2.45, 2.75) is 45.3 Å². The molecule has 1 aliphatic rings. The second-order valence-electron chi connectivity index (χ2n) is 6.36. The standard InChI is InChI=1S/C17H26N2O3/c1-4-19(12-17(2,3)21)16(20)18-14-9-7-11-22-15-10-6-5-8-13(14)15/h5-6,8,10,14,21H,4,7,9,11-12H2,1-3H3,(H,18,20). The van der Waals surface area contributed by atoms with Crippen LogP contribution in [0.5, 0.6) is 5.75 Å². The summed E-state index contributed by atoms with van der Waals surface area (Å²) in [5.41, 5.74) is 0.116. The first-order chi connectivity index (χ1) is 10.4. The first kappa shape index (κ1) is 16.6. The van der Waals surface area contributed by atoms with Crippen LogP contribution in [0.3, 0.4) is 0 Å². The summed E-state index contributed by atoms with van der Waals surface area (Å²) in [6.45, 7) is 6.86. The van der Waals surface area contributed by atoms with E-state index in [1.54, 1.807) is 18.7 Å². The van der Waals surface area contributed by atoms with E-state index in [1.165, 1.54) is 0 Å². The van der Waals surface area contributed by atoms with Crippen molar-refractivity contribution in [1.82, 2.24) is 10.2 Å². The highest BCUT2D eigenvalue weighted by molar-refractivity contribution is 5.75. The number of rotatable bonds is 4. The fourth-order valence-corrected chi connectivity index (χ4v) is 2.71. The third-order valence-corrected chi connectivity index (χ3v) is 3.73. The van der Waals surface area contributed by atoms with Gasteiger partial charge in [-0.2, -0.15) is 0 Å². The molecule has 1 aliphatic heterocycles. The molecule has 1 unspecified atom stereocenters. The quantitative estimate of drug-likeness (QED) is 0.899. The Morgan fingerprint density at radius 1 is 1.45 bits per heavy atom. The third kappa shape index (κ3) is 4.37. The molecule has 0 bridgehead atoms. The maximum atomic E-state index is 12.5. The van der Waals surface area contributed by atoms with Crippen molar-refractivity contribution in [2.75, 3.05) is 19.7 Å². The molecule has 5 heteroatoms. The largest absolute Gasteiger partial charge is 0.493 e. The smallest absolute Gasteiger partial charge is 0.317 e. The Bertz CT molecular complexity index is 511. The van der Waals surface area contributed by atoms with Gasteiger partial charge in [-0.3, -0.25) is 0 Å². The average Bonchev–Trinajstić information content (AvgIpc) is 2.66. The Balaban J connectivity index is 2.10. The normalized spacial score (nSPS) is 17.9. The number of urea groups is 1. The number of hydrogen-bond donors (Lipinski definition) is 2. The van der Waals surface area contributed by atoms with E-state index in [2.05, 4.69) is 5.32 Å². The van der Waals surface area contributed by atoms with E-state index in [9.17, 15) is 9.90 Å². The predicted molar refractivity (Wildman–Crippen MR) is 86.0 cm³/mol. The summed E-state index contributed by atoms with van der Waals surface area (Å²) in [7, 11) is 0. The van der Waals surface area contributed by atoms with Crippen molar-refractivity contribution >= 4 is 6.03 Å². The molecule has 1 aromatic carbocycles. The molecule has 0 radical (unpaired) electrons. The molecule has 0 aromatic heterocycles. The van der Waals surface area contributed by atoms with Gasteiger partial charge in [0.2, 0.25) is 0 Å². The van der Waals surface area contributed by atoms with Crippen LogP contribution >= 0.6 is 0 Å². The minimum absolute atomic E-state index is 0.0537. The van der Waals surface area contributed by atoms with E-state index in [4.69, 9.17) is 4.74 Å². The molecule has 22 heavy (non-hydrogen) atoms. The lowest BCUT2D eigenvalue weighted by Gasteiger charge is -2.30. The minimum Gasteiger partial charge on any atom is -0.493 e. The first-order valence-corrected chi connectivity index (χ1v) is 7.90. The molecular weight excluding hydrogens is 280 g/mol. The fourth-order valence-electron chi connectivity index (χ4n) is 2.71. The Kier molecular flexibility index (Phi) is 5.29. The lowest BCUT2D eigenvalue weighted by atomic mass is 10.0. The number of benzene rings is 1. The number of carbonyl (C=O) groups excluding carboxylic acids is 1. The van der Waals surface area contributed by atoms with Crippen molar-refractivity contribution in [3.8, 4) is 5.75 Å². The van der Waals surface area contributed by atoms with Crippen LogP contribution in [0.1, 0.15) is 45.2 Å². The lowest BCUT2D eigenvalue weighted by Crippen LogP contribution is -2.47. The zero-order chi connectivity index (χ0) is 16.2. The van der Waals surface area contributed by atoms with Gasteiger partial charge in [0.05, 0.1) is 24.8 Å². The number of ether oxygens (including phenoxy) is 1. The van der Waals surface area contributed by atoms with Crippen LogP contribution in [-0.4, -0.2) is 41.3 Å². The molecule has 5 nitrogen and oxygen atoms in total. The monoisotopic (exact) mass is 306 g/mol. The molecule has 0 saturated carbocycles. The van der Waals surface area contributed by atoms with Gasteiger partial charge in [-0.25, -0.2) is 4.79 Å². The number of fused-ring (bicyclic) bond motifs is 1. The van der Waals surface area contributed by atoms with Gasteiger partial charge in [0.25, 0.3) is 0 Å². The van der Waals surface area contributed by atoms with E-state index in [0.717, 1.165) is 24.2 Å². The van der Waals surface area contributed by atoms with Crippen molar-refractivity contribution < 1.29 is 14.6 Å². The van der Waals surface area contributed by atoms with E-state index in [1.807, 2.05) is 31.2 Å². The van der Waals surface area contributed by atoms with Gasteiger partial charge >= 0.3 is 6.03 Å². The molecule has 2 rings (SSSR count). The van der Waals surface area contributed by atoms with E-state index in [-0.39, 0.29) is 12.1 Å². The van der Waals surface area contributed by atoms with Gasteiger partial charge in [0.15, 0.2) is 0 Å². The van der Waals surface area contributed by atoms with Gasteiger partial charge in [0.1, 0.15) is 5.75 Å². The number of likely N-dealkylation sites (N-methyl/N-ethyl adjacent to an activating group) is 1. The molecule has 2 amide bonds. The molecule has 0 fully saturated rings. The molecule has 0 saturated heterocycles. The number of amides is 2. The first-order valence-electron chi connectivity index (χ1n) is 7.90. The molecule has 2 N–H and O–H groups in total. The number of nitrogens with zero attached hydrogens (tertiary/aromatic N) is 1. The summed E-state index contributed by atoms with van der Waals surface area (Å²) in [6, 6.07) is 7.64. The van der Waals surface area contributed by atoms with Gasteiger partial charge in [0, 0.05) is 12.1 Å². The molecule has 122 valence electrons. The lowest BCUT2D eigenvalue weighted by molar-refractivity contribution is 0.0475. The van der Waals surface area contributed by atoms with Crippen LogP contribution in [0, 0.1) is 0 Å². The zero-order valence-electron chi connectivity index (χ0n) is 13.6. The number of carbonyl (C=O) groups is 1. The van der Waals surface area contributed by atoms with Gasteiger partial charge in [-0.1, -0.05) is 18.2 Å². The fraction of sp³-hybridized carbons (Fsp3) is 0.588. The van der Waals surface area contributed by atoms with Crippen molar-refractivity contribution in [2.24, 2.45) is 0 Å². The molecule has 0 aliphatic carbocycles. The van der Waals surface area contributed by atoms with Crippen LogP contribution in [0.2, 0.25) is 0 Å². The highest BCUT2D eigenvalue weighted by Gasteiger charge is 2.25. The highest BCUT2D eigenvalue weighted by atomic mass is 16.5. The molecule has 1 heterocycles. The number of aliphatic hydroxyl groups is 1. The second-order valence-corrected chi connectivity index (χ2v) is 6.36. The minimum atomic E-state index is -0.905. The number of para-hydroxylation sites is 1. The average molecular weight is 306 g/mol. The van der Waals surface area contributed by atoms with E-state index in [0.29, 0.717) is 19.7 Å². The van der Waals surface area contributed by atoms with Crippen LogP contribution in [0.15, 0.2) is 24.3 Å². The van der Waals surface area contributed by atoms with Crippen LogP contribution in [0.25, 0.3) is 0 Å². The summed E-state index contributed by atoms with van der Waals surface area (Å²) in [4.78, 5) is 14.1. The van der Waals surface area contributed by atoms with Crippen LogP contribution < -0.4 is 10.1 Å². The summed E-state index contributed by atoms with van der Waals surface area (Å²) in [5.74, 6) is 0.843. The van der Waals surface area contributed by atoms with Crippen molar-refractivity contribution in [3.63, 3.8) is 0 Å². The highest BCUT2D eigenvalue weighted by Crippen LogP contribution is 2.31. The summed E-state index contributed by atoms with van der Waals surface area (Å²) in [6.07, 6.45) is 1.75. The maximum absolute atomic E-state index is 12.5. The van der Waals surface area contributed by atoms with Crippen molar-refractivity contribution in [3.05, 3.63) is 29.8 Å². The second kappa shape index (κ2) is 7.01. The van der Waals surface area contributed by atoms with Crippen molar-refractivity contribution in [1.29, 1.82) is 0 Å².